The van der Waals surface area contributed by atoms with Gasteiger partial charge in [-0.05, 0) is 19.3 Å². The number of unbranched alkanes of at least 4 members (excludes halogenated alkanes) is 2. The molecule has 202 valence electrons. The van der Waals surface area contributed by atoms with Crippen LogP contribution in [0.15, 0.2) is 21.9 Å². The van der Waals surface area contributed by atoms with Crippen molar-refractivity contribution in [3.05, 3.63) is 33.1 Å². The molecule has 3 rings (SSSR count). The molecule has 0 radical (unpaired) electrons. The molecule has 1 aromatic heterocycles. The normalized spacial score (nSPS) is 26.5. The van der Waals surface area contributed by atoms with Crippen LogP contribution in [0.3, 0.4) is 0 Å². The Kier molecular flexibility index (Phi) is 9.63. The average molecular weight is 517 g/mol. The van der Waals surface area contributed by atoms with Crippen LogP contribution in [0.4, 0.5) is 9.18 Å². The number of alkyl halides is 1. The number of esters is 1. The van der Waals surface area contributed by atoms with Crippen LogP contribution < -0.4 is 11.2 Å². The summed E-state index contributed by atoms with van der Waals surface area (Å²) in [4.78, 5) is 49.0. The van der Waals surface area contributed by atoms with Crippen LogP contribution in [0.2, 0.25) is 0 Å². The molecule has 2 fully saturated rings. The van der Waals surface area contributed by atoms with Crippen LogP contribution in [0.25, 0.3) is 0 Å². The third-order valence-corrected chi connectivity index (χ3v) is 6.37. The first-order valence-electron chi connectivity index (χ1n) is 12.2. The SMILES string of the molecule is CCCCCOC(=O)OCn1c(=O)ccn([C@@H]2O[C@](F)(COC(=O)C3CCCCC3)[C@@H](O)[C@H]2O)c1=O. The molecule has 1 aliphatic carbocycles. The van der Waals surface area contributed by atoms with E-state index in [1.165, 1.54) is 0 Å². The first kappa shape index (κ1) is 27.8. The maximum atomic E-state index is 15.4. The van der Waals surface area contributed by atoms with Gasteiger partial charge in [0.15, 0.2) is 19.6 Å². The highest BCUT2D eigenvalue weighted by atomic mass is 19.2. The van der Waals surface area contributed by atoms with E-state index in [4.69, 9.17) is 18.9 Å². The van der Waals surface area contributed by atoms with Crippen molar-refractivity contribution in [3.63, 3.8) is 0 Å². The lowest BCUT2D eigenvalue weighted by atomic mass is 9.89. The lowest BCUT2D eigenvalue weighted by molar-refractivity contribution is -0.218. The minimum Gasteiger partial charge on any atom is -0.459 e. The van der Waals surface area contributed by atoms with Gasteiger partial charge in [-0.15, -0.1) is 0 Å². The summed E-state index contributed by atoms with van der Waals surface area (Å²) in [6.45, 7) is 0.311. The lowest BCUT2D eigenvalue weighted by Crippen LogP contribution is -2.44. The van der Waals surface area contributed by atoms with Gasteiger partial charge in [-0.3, -0.25) is 14.2 Å². The maximum absolute atomic E-state index is 15.4. The summed E-state index contributed by atoms with van der Waals surface area (Å²) in [5, 5.41) is 20.7. The van der Waals surface area contributed by atoms with Gasteiger partial charge in [0.2, 0.25) is 0 Å². The third kappa shape index (κ3) is 6.51. The Hall–Kier alpha value is -2.77. The smallest absolute Gasteiger partial charge is 0.459 e. The monoisotopic (exact) mass is 516 g/mol. The van der Waals surface area contributed by atoms with E-state index >= 15 is 4.39 Å². The molecule has 2 heterocycles. The lowest BCUT2D eigenvalue weighted by Gasteiger charge is -2.25. The van der Waals surface area contributed by atoms with Gasteiger partial charge in [-0.25, -0.2) is 18.5 Å². The van der Waals surface area contributed by atoms with Gasteiger partial charge in [0.25, 0.3) is 11.4 Å². The second-order valence-corrected chi connectivity index (χ2v) is 9.02. The van der Waals surface area contributed by atoms with E-state index in [1.54, 1.807) is 0 Å². The molecule has 4 atom stereocenters. The van der Waals surface area contributed by atoms with E-state index in [0.717, 1.165) is 44.4 Å². The van der Waals surface area contributed by atoms with Crippen LogP contribution >= 0.6 is 0 Å². The summed E-state index contributed by atoms with van der Waals surface area (Å²) in [5.74, 6) is -3.98. The van der Waals surface area contributed by atoms with Crippen LogP contribution in [-0.4, -0.2) is 62.7 Å². The van der Waals surface area contributed by atoms with Crippen molar-refractivity contribution in [2.75, 3.05) is 13.2 Å². The molecule has 0 bridgehead atoms. The molecule has 12 nitrogen and oxygen atoms in total. The highest BCUT2D eigenvalue weighted by Gasteiger charge is 2.57. The molecule has 0 spiro atoms. The number of ether oxygens (including phenoxy) is 4. The molecule has 13 heteroatoms. The van der Waals surface area contributed by atoms with Crippen molar-refractivity contribution in [1.82, 2.24) is 9.13 Å². The van der Waals surface area contributed by atoms with Crippen LogP contribution in [0.1, 0.15) is 64.5 Å². The van der Waals surface area contributed by atoms with Crippen molar-refractivity contribution >= 4 is 12.1 Å². The molecule has 0 aromatic carbocycles. The number of hydrogen-bond donors (Lipinski definition) is 2. The van der Waals surface area contributed by atoms with Gasteiger partial charge in [0, 0.05) is 12.3 Å². The third-order valence-electron chi connectivity index (χ3n) is 6.37. The number of rotatable bonds is 10. The molecule has 0 amide bonds. The molecule has 1 saturated heterocycles. The van der Waals surface area contributed by atoms with Crippen LogP contribution in [-0.2, 0) is 30.5 Å². The minimum absolute atomic E-state index is 0.116. The predicted octanol–water partition coefficient (Wildman–Crippen LogP) is 1.35. The number of aliphatic hydroxyl groups is 2. The zero-order chi connectivity index (χ0) is 26.3. The first-order valence-corrected chi connectivity index (χ1v) is 12.2. The highest BCUT2D eigenvalue weighted by molar-refractivity contribution is 5.72. The number of halogens is 1. The predicted molar refractivity (Wildman–Crippen MR) is 120 cm³/mol. The molecular formula is C23H33FN2O10. The quantitative estimate of drug-likeness (QED) is 0.344. The Labute approximate surface area is 206 Å². The number of carbonyl (C=O) groups is 2. The van der Waals surface area contributed by atoms with E-state index in [2.05, 4.69) is 0 Å². The van der Waals surface area contributed by atoms with E-state index in [9.17, 15) is 29.4 Å². The Bertz CT molecular complexity index is 1020. The van der Waals surface area contributed by atoms with Crippen molar-refractivity contribution in [1.29, 1.82) is 0 Å². The first-order chi connectivity index (χ1) is 17.2. The van der Waals surface area contributed by atoms with Crippen LogP contribution in [0, 0.1) is 5.92 Å². The molecule has 1 saturated carbocycles. The standard InChI is InChI=1S/C23H33FN2O10/c1-2-3-7-12-33-22(32)35-14-26-16(27)10-11-25(21(26)31)19-17(28)18(29)23(24,36-19)13-34-20(30)15-8-5-4-6-9-15/h10-11,15,17-19,28-29H,2-9,12-14H2,1H3/t17-,18+,19-,23-/m1/s1. The van der Waals surface area contributed by atoms with Gasteiger partial charge >= 0.3 is 17.8 Å². The van der Waals surface area contributed by atoms with Gasteiger partial charge in [0.1, 0.15) is 12.2 Å². The number of aromatic nitrogens is 2. The molecule has 36 heavy (non-hydrogen) atoms. The van der Waals surface area contributed by atoms with Crippen molar-refractivity contribution in [2.24, 2.45) is 5.92 Å². The fraction of sp³-hybridized carbons (Fsp3) is 0.739. The molecule has 0 unspecified atom stereocenters. The summed E-state index contributed by atoms with van der Waals surface area (Å²) in [6.07, 6.45) is 0.408. The van der Waals surface area contributed by atoms with E-state index < -0.39 is 61.0 Å². The van der Waals surface area contributed by atoms with Crippen molar-refractivity contribution in [3.8, 4) is 0 Å². The Morgan fingerprint density at radius 1 is 1.14 bits per heavy atom. The highest BCUT2D eigenvalue weighted by Crippen LogP contribution is 2.38. The summed E-state index contributed by atoms with van der Waals surface area (Å²) >= 11 is 0. The van der Waals surface area contributed by atoms with Gasteiger partial charge < -0.3 is 29.2 Å². The summed E-state index contributed by atoms with van der Waals surface area (Å²) < 4.78 is 36.4. The van der Waals surface area contributed by atoms with E-state index in [0.29, 0.717) is 28.4 Å². The Morgan fingerprint density at radius 3 is 2.56 bits per heavy atom. The number of nitrogens with zero attached hydrogens (tertiary/aromatic N) is 2. The second-order valence-electron chi connectivity index (χ2n) is 9.02. The molecule has 1 aromatic rings. The van der Waals surface area contributed by atoms with Gasteiger partial charge in [-0.1, -0.05) is 39.0 Å². The number of aliphatic hydroxyl groups excluding tert-OH is 2. The molecule has 1 aliphatic heterocycles. The molecule has 2 N–H and O–H groups in total. The molecular weight excluding hydrogens is 483 g/mol. The van der Waals surface area contributed by atoms with Crippen LogP contribution in [0.5, 0.6) is 0 Å². The largest absolute Gasteiger partial charge is 0.510 e. The van der Waals surface area contributed by atoms with Gasteiger partial charge in [0.05, 0.1) is 12.5 Å². The second kappa shape index (κ2) is 12.5. The van der Waals surface area contributed by atoms with Crippen molar-refractivity contribution < 1.29 is 43.1 Å². The summed E-state index contributed by atoms with van der Waals surface area (Å²) in [6, 6.07) is 0.918. The summed E-state index contributed by atoms with van der Waals surface area (Å²) in [7, 11) is 0. The average Bonchev–Trinajstić information content (AvgIpc) is 3.10. The number of carbonyl (C=O) groups excluding carboxylic acids is 2. The molecule has 2 aliphatic rings. The summed E-state index contributed by atoms with van der Waals surface area (Å²) in [5.41, 5.74) is -1.93. The minimum atomic E-state index is -2.99. The fourth-order valence-corrected chi connectivity index (χ4v) is 4.23. The maximum Gasteiger partial charge on any atom is 0.510 e. The van der Waals surface area contributed by atoms with E-state index in [-0.39, 0.29) is 12.5 Å². The number of hydrogen-bond acceptors (Lipinski definition) is 10. The fourth-order valence-electron chi connectivity index (χ4n) is 4.23. The Morgan fingerprint density at radius 2 is 1.86 bits per heavy atom. The topological polar surface area (TPSA) is 156 Å². The van der Waals surface area contributed by atoms with Crippen molar-refractivity contribution in [2.45, 2.75) is 89.3 Å². The zero-order valence-electron chi connectivity index (χ0n) is 20.2. The Balaban J connectivity index is 1.66. The zero-order valence-corrected chi connectivity index (χ0v) is 20.2. The van der Waals surface area contributed by atoms with Gasteiger partial charge in [-0.2, -0.15) is 0 Å². The van der Waals surface area contributed by atoms with E-state index in [1.807, 2.05) is 6.92 Å².